The Balaban J connectivity index is 1.36. The molecule has 12 heteroatoms. The Morgan fingerprint density at radius 2 is 1.71 bits per heavy atom. The third-order valence-electron chi connectivity index (χ3n) is 5.24. The molecule has 196 valence electrons. The second-order valence-corrected chi connectivity index (χ2v) is 8.83. The van der Waals surface area contributed by atoms with Gasteiger partial charge in [-0.3, -0.25) is 0 Å². The summed E-state index contributed by atoms with van der Waals surface area (Å²) in [7, 11) is 0. The molecule has 1 heterocycles. The molecular weight excluding hydrogens is 517 g/mol. The van der Waals surface area contributed by atoms with Crippen LogP contribution in [0, 0.1) is 0 Å². The van der Waals surface area contributed by atoms with Crippen molar-refractivity contribution in [1.29, 1.82) is 0 Å². The van der Waals surface area contributed by atoms with Gasteiger partial charge in [0.1, 0.15) is 12.1 Å². The van der Waals surface area contributed by atoms with Gasteiger partial charge in [-0.1, -0.05) is 26.0 Å². The number of benzene rings is 3. The van der Waals surface area contributed by atoms with Crippen molar-refractivity contribution < 1.29 is 22.7 Å². The van der Waals surface area contributed by atoms with Crippen molar-refractivity contribution in [3.8, 4) is 22.8 Å². The fraction of sp³-hybridized carbons (Fsp3) is 0.154. The summed E-state index contributed by atoms with van der Waals surface area (Å²) in [4.78, 5) is 20.5. The van der Waals surface area contributed by atoms with E-state index < -0.39 is 12.4 Å². The van der Waals surface area contributed by atoms with Crippen molar-refractivity contribution in [2.75, 3.05) is 10.6 Å². The summed E-state index contributed by atoms with van der Waals surface area (Å²) in [6.07, 6.45) is -3.32. The van der Waals surface area contributed by atoms with E-state index in [-0.39, 0.29) is 10.9 Å². The lowest BCUT2D eigenvalue weighted by molar-refractivity contribution is -0.274. The molecule has 4 aromatic rings. The molecule has 0 spiro atoms. The topological polar surface area (TPSA) is 93.4 Å². The molecule has 38 heavy (non-hydrogen) atoms. The number of halogens is 3. The third-order valence-corrected chi connectivity index (χ3v) is 5.45. The standard InChI is InChI=1S/C26H23F3N6O2S/c1-16(2)18-4-3-5-20(14-18)32-25(38)33-24(36)31-19-8-6-17(7-9-19)23-30-15-35(34-23)21-10-12-22(13-11-21)37-26(27,28)29/h3-16H,1-2H3,(H3,31,32,33,36,38). The smallest absolute Gasteiger partial charge is 0.406 e. The Morgan fingerprint density at radius 1 is 1.00 bits per heavy atom. The summed E-state index contributed by atoms with van der Waals surface area (Å²) < 4.78 is 42.3. The molecule has 3 aromatic carbocycles. The zero-order chi connectivity index (χ0) is 27.3. The van der Waals surface area contributed by atoms with Gasteiger partial charge in [-0.25, -0.2) is 14.5 Å². The van der Waals surface area contributed by atoms with E-state index in [1.807, 2.05) is 24.3 Å². The minimum atomic E-state index is -4.76. The van der Waals surface area contributed by atoms with Gasteiger partial charge in [-0.2, -0.15) is 4.99 Å². The Hall–Kier alpha value is -4.32. The number of carbonyl (C=O) groups is 1. The fourth-order valence-electron chi connectivity index (χ4n) is 3.40. The van der Waals surface area contributed by atoms with Gasteiger partial charge < -0.3 is 15.4 Å². The van der Waals surface area contributed by atoms with Gasteiger partial charge >= 0.3 is 12.4 Å². The molecule has 8 nitrogen and oxygen atoms in total. The van der Waals surface area contributed by atoms with Gasteiger partial charge in [-0.05, 0) is 72.1 Å². The molecule has 1 aromatic heterocycles. The molecule has 4 rings (SSSR count). The number of carbonyl (C=O) groups excluding carboxylic acids is 1. The van der Waals surface area contributed by atoms with E-state index in [0.717, 1.165) is 11.3 Å². The summed E-state index contributed by atoms with van der Waals surface area (Å²) in [5.74, 6) is 0.423. The normalized spacial score (nSPS) is 11.9. The number of ether oxygens (including phenoxy) is 1. The number of hydrogen-bond donors (Lipinski definition) is 3. The van der Waals surface area contributed by atoms with Crippen LogP contribution in [0.1, 0.15) is 25.3 Å². The van der Waals surface area contributed by atoms with Crippen LogP contribution in [-0.4, -0.2) is 32.3 Å². The molecule has 0 aliphatic heterocycles. The van der Waals surface area contributed by atoms with E-state index in [0.29, 0.717) is 28.7 Å². The number of aliphatic imine (C=N–C) groups is 1. The van der Waals surface area contributed by atoms with Crippen LogP contribution in [0.2, 0.25) is 0 Å². The van der Waals surface area contributed by atoms with Crippen molar-refractivity contribution >= 4 is 35.2 Å². The van der Waals surface area contributed by atoms with Crippen molar-refractivity contribution in [2.24, 2.45) is 4.99 Å². The molecule has 0 aliphatic rings. The van der Waals surface area contributed by atoms with Gasteiger partial charge in [0.05, 0.1) is 5.69 Å². The lowest BCUT2D eigenvalue weighted by Crippen LogP contribution is -2.17. The Morgan fingerprint density at radius 3 is 2.37 bits per heavy atom. The molecule has 0 atom stereocenters. The molecule has 0 aliphatic carbocycles. The number of alkyl halides is 3. The van der Waals surface area contributed by atoms with Gasteiger partial charge in [0.25, 0.3) is 0 Å². The highest BCUT2D eigenvalue weighted by Gasteiger charge is 2.31. The van der Waals surface area contributed by atoms with E-state index in [9.17, 15) is 18.0 Å². The molecule has 2 N–H and O–H groups in total. The maximum absolute atomic E-state index is 12.3. The first-order chi connectivity index (χ1) is 18.1. The zero-order valence-electron chi connectivity index (χ0n) is 20.3. The highest BCUT2D eigenvalue weighted by molar-refractivity contribution is 7.97. The zero-order valence-corrected chi connectivity index (χ0v) is 21.2. The van der Waals surface area contributed by atoms with Crippen LogP contribution in [0.4, 0.5) is 29.3 Å². The number of amides is 2. The SMILES string of the molecule is CC(C)c1cccc(N/C(S)=N/C(=O)Nc2ccc(-c3ncn(-c4ccc(OC(F)(F)F)cc4)n3)cc2)c1. The number of nitrogens with zero attached hydrogens (tertiary/aromatic N) is 4. The summed E-state index contributed by atoms with van der Waals surface area (Å²) in [6.45, 7) is 4.18. The molecular formula is C26H23F3N6O2S. The van der Waals surface area contributed by atoms with Crippen LogP contribution in [0.25, 0.3) is 17.1 Å². The number of aromatic nitrogens is 3. The van der Waals surface area contributed by atoms with Gasteiger partial charge in [0, 0.05) is 16.9 Å². The summed E-state index contributed by atoms with van der Waals surface area (Å²) in [5, 5.41) is 10.2. The van der Waals surface area contributed by atoms with Crippen LogP contribution >= 0.6 is 12.6 Å². The second-order valence-electron chi connectivity index (χ2n) is 8.40. The van der Waals surface area contributed by atoms with Crippen LogP contribution in [0.15, 0.2) is 84.1 Å². The lowest BCUT2D eigenvalue weighted by Gasteiger charge is -2.09. The number of amidine groups is 1. The van der Waals surface area contributed by atoms with Gasteiger partial charge in [0.2, 0.25) is 0 Å². The average molecular weight is 541 g/mol. The summed E-state index contributed by atoms with van der Waals surface area (Å²) in [6, 6.07) is 19.2. The first-order valence-corrected chi connectivity index (χ1v) is 11.8. The van der Waals surface area contributed by atoms with Crippen LogP contribution in [0.3, 0.4) is 0 Å². The number of hydrogen-bond acceptors (Lipinski definition) is 4. The van der Waals surface area contributed by atoms with Gasteiger partial charge in [-0.15, -0.1) is 30.9 Å². The maximum atomic E-state index is 12.3. The quantitative estimate of drug-likeness (QED) is 0.141. The van der Waals surface area contributed by atoms with E-state index in [2.05, 4.69) is 56.9 Å². The number of rotatable bonds is 6. The van der Waals surface area contributed by atoms with E-state index in [1.54, 1.807) is 24.3 Å². The van der Waals surface area contributed by atoms with Crippen LogP contribution in [-0.2, 0) is 0 Å². The highest BCUT2D eigenvalue weighted by atomic mass is 32.1. The molecule has 0 radical (unpaired) electrons. The number of nitrogens with one attached hydrogen (secondary N) is 2. The van der Waals surface area contributed by atoms with E-state index in [4.69, 9.17) is 0 Å². The highest BCUT2D eigenvalue weighted by Crippen LogP contribution is 2.24. The first-order valence-electron chi connectivity index (χ1n) is 11.4. The van der Waals surface area contributed by atoms with Crippen molar-refractivity contribution in [3.63, 3.8) is 0 Å². The predicted molar refractivity (Wildman–Crippen MR) is 143 cm³/mol. The van der Waals surface area contributed by atoms with E-state index in [1.165, 1.54) is 35.3 Å². The average Bonchev–Trinajstić information content (AvgIpc) is 3.34. The minimum absolute atomic E-state index is 0.146. The van der Waals surface area contributed by atoms with Crippen molar-refractivity contribution in [3.05, 3.63) is 84.7 Å². The summed E-state index contributed by atoms with van der Waals surface area (Å²) in [5.41, 5.74) is 3.61. The molecule has 0 saturated heterocycles. The first kappa shape index (κ1) is 26.7. The van der Waals surface area contributed by atoms with Crippen molar-refractivity contribution in [1.82, 2.24) is 14.8 Å². The summed E-state index contributed by atoms with van der Waals surface area (Å²) >= 11 is 4.26. The maximum Gasteiger partial charge on any atom is 0.573 e. The molecule has 0 saturated carbocycles. The fourth-order valence-corrected chi connectivity index (χ4v) is 3.62. The third kappa shape index (κ3) is 7.35. The van der Waals surface area contributed by atoms with Crippen molar-refractivity contribution in [2.45, 2.75) is 26.1 Å². The Kier molecular flexibility index (Phi) is 8.01. The largest absolute Gasteiger partial charge is 0.573 e. The Bertz CT molecular complexity index is 1430. The monoisotopic (exact) mass is 540 g/mol. The van der Waals surface area contributed by atoms with E-state index >= 15 is 0 Å². The number of thiol groups is 1. The second kappa shape index (κ2) is 11.4. The Labute approximate surface area is 222 Å². The minimum Gasteiger partial charge on any atom is -0.406 e. The molecule has 2 amide bonds. The number of anilines is 2. The molecule has 0 fully saturated rings. The van der Waals surface area contributed by atoms with Crippen LogP contribution < -0.4 is 15.4 Å². The lowest BCUT2D eigenvalue weighted by atomic mass is 10.0. The van der Waals surface area contributed by atoms with Gasteiger partial charge in [0.15, 0.2) is 11.0 Å². The molecule has 0 bridgehead atoms. The predicted octanol–water partition coefficient (Wildman–Crippen LogP) is 6.89. The van der Waals surface area contributed by atoms with Crippen LogP contribution in [0.5, 0.6) is 5.75 Å². The molecule has 0 unspecified atom stereocenters. The number of urea groups is 1.